The van der Waals surface area contributed by atoms with E-state index < -0.39 is 6.04 Å². The molecule has 7 nitrogen and oxygen atoms in total. The Morgan fingerprint density at radius 3 is 2.59 bits per heavy atom. The number of halogens is 1. The summed E-state index contributed by atoms with van der Waals surface area (Å²) >= 11 is 0. The van der Waals surface area contributed by atoms with Gasteiger partial charge in [0.25, 0.3) is 5.91 Å². The molecule has 0 radical (unpaired) electrons. The van der Waals surface area contributed by atoms with Crippen LogP contribution in [0.3, 0.4) is 0 Å². The Hall–Kier alpha value is -4.01. The number of carbonyl (C=O) groups is 2. The van der Waals surface area contributed by atoms with Crippen molar-refractivity contribution in [2.45, 2.75) is 57.1 Å². The number of rotatable bonds is 8. The normalized spacial score (nSPS) is 22.9. The van der Waals surface area contributed by atoms with E-state index in [2.05, 4.69) is 34.2 Å². The van der Waals surface area contributed by atoms with E-state index in [4.69, 9.17) is 4.74 Å². The summed E-state index contributed by atoms with van der Waals surface area (Å²) in [7, 11) is 0. The van der Waals surface area contributed by atoms with Gasteiger partial charge in [0, 0.05) is 50.0 Å². The lowest BCUT2D eigenvalue weighted by Gasteiger charge is -2.39. The van der Waals surface area contributed by atoms with Gasteiger partial charge < -0.3 is 20.3 Å². The van der Waals surface area contributed by atoms with Gasteiger partial charge in [0.2, 0.25) is 5.91 Å². The van der Waals surface area contributed by atoms with E-state index in [9.17, 15) is 14.0 Å². The molecule has 3 aliphatic rings. The minimum atomic E-state index is -0.491. The lowest BCUT2D eigenvalue weighted by atomic mass is 10.00. The number of amides is 2. The number of fused-ring (bicyclic) bond motifs is 1. The second-order valence-electron chi connectivity index (χ2n) is 11.2. The van der Waals surface area contributed by atoms with Gasteiger partial charge in [0.15, 0.2) is 0 Å². The highest BCUT2D eigenvalue weighted by molar-refractivity contribution is 6.01. The fourth-order valence-corrected chi connectivity index (χ4v) is 6.05. The van der Waals surface area contributed by atoms with Crippen LogP contribution in [0.1, 0.15) is 46.3 Å². The Kier molecular flexibility index (Phi) is 7.85. The van der Waals surface area contributed by atoms with Crippen LogP contribution < -0.4 is 15.4 Å². The smallest absolute Gasteiger partial charge is 0.255 e. The van der Waals surface area contributed by atoms with Crippen molar-refractivity contribution in [2.75, 3.05) is 13.1 Å². The van der Waals surface area contributed by atoms with Gasteiger partial charge in [-0.2, -0.15) is 0 Å². The standard InChI is InChI=1S/C33H35FN4O3/c1-22-7-14-30(32(39)36-22)38-20-25-17-27(12-13-28(25)33(38)40)41-31-21-37(19-24-8-10-26(34)11-9-24)16-15-29(31)35-18-23-5-3-2-4-6-23/h2-6,8-13,17,29-31,35H,1,7,14-16,18-21H2,(H,36,39)/t29-,30?,31-/m0/s1. The molecule has 3 aromatic carbocycles. The number of nitrogens with zero attached hydrogens (tertiary/aromatic N) is 2. The zero-order valence-electron chi connectivity index (χ0n) is 23.0. The summed E-state index contributed by atoms with van der Waals surface area (Å²) in [6.07, 6.45) is 2.01. The molecule has 3 atom stereocenters. The van der Waals surface area contributed by atoms with Crippen molar-refractivity contribution >= 4 is 11.8 Å². The quantitative estimate of drug-likeness (QED) is 0.432. The number of likely N-dealkylation sites (tertiary alicyclic amines) is 1. The van der Waals surface area contributed by atoms with Crippen LogP contribution in [0.2, 0.25) is 0 Å². The summed E-state index contributed by atoms with van der Waals surface area (Å²) in [6, 6.07) is 22.2. The molecule has 2 N–H and O–H groups in total. The summed E-state index contributed by atoms with van der Waals surface area (Å²) in [5.41, 5.74) is 4.47. The maximum atomic E-state index is 13.4. The molecular formula is C33H35FN4O3. The van der Waals surface area contributed by atoms with Crippen LogP contribution in [0, 0.1) is 5.82 Å². The van der Waals surface area contributed by atoms with E-state index in [1.54, 1.807) is 4.90 Å². The van der Waals surface area contributed by atoms with E-state index in [1.807, 2.05) is 48.5 Å². The number of hydrogen-bond acceptors (Lipinski definition) is 5. The van der Waals surface area contributed by atoms with Gasteiger partial charge in [0.05, 0.1) is 0 Å². The molecule has 3 aliphatic heterocycles. The monoisotopic (exact) mass is 554 g/mol. The zero-order valence-corrected chi connectivity index (χ0v) is 23.0. The number of nitrogens with one attached hydrogen (secondary N) is 2. The fraction of sp³-hybridized carbons (Fsp3) is 0.333. The molecule has 1 unspecified atom stereocenters. The minimum absolute atomic E-state index is 0.121. The van der Waals surface area contributed by atoms with E-state index in [1.165, 1.54) is 17.7 Å². The van der Waals surface area contributed by atoms with Crippen LogP contribution in [0.4, 0.5) is 4.39 Å². The highest BCUT2D eigenvalue weighted by atomic mass is 19.1. The second kappa shape index (κ2) is 11.8. The van der Waals surface area contributed by atoms with Gasteiger partial charge in [-0.05, 0) is 66.3 Å². The molecule has 0 aromatic heterocycles. The van der Waals surface area contributed by atoms with Gasteiger partial charge >= 0.3 is 0 Å². The van der Waals surface area contributed by atoms with Gasteiger partial charge in [-0.15, -0.1) is 0 Å². The van der Waals surface area contributed by atoms with E-state index in [0.717, 1.165) is 37.2 Å². The summed E-state index contributed by atoms with van der Waals surface area (Å²) in [4.78, 5) is 29.8. The summed E-state index contributed by atoms with van der Waals surface area (Å²) in [5.74, 6) is 0.182. The Balaban J connectivity index is 1.17. The van der Waals surface area contributed by atoms with Crippen molar-refractivity contribution in [1.82, 2.24) is 20.4 Å². The van der Waals surface area contributed by atoms with Crippen LogP contribution in [0.5, 0.6) is 5.75 Å². The SMILES string of the molecule is C=C1CCC(N2Cc3cc(O[C@H]4CN(Cc5ccc(F)cc5)CC[C@@H]4NCc4ccccc4)ccc3C2=O)C(=O)N1. The third kappa shape index (κ3) is 6.19. The van der Waals surface area contributed by atoms with Crippen LogP contribution in [0.15, 0.2) is 85.1 Å². The van der Waals surface area contributed by atoms with E-state index in [-0.39, 0.29) is 29.8 Å². The molecule has 41 heavy (non-hydrogen) atoms. The molecule has 3 aromatic rings. The first-order valence-corrected chi connectivity index (χ1v) is 14.3. The fourth-order valence-electron chi connectivity index (χ4n) is 6.05. The van der Waals surface area contributed by atoms with Crippen LogP contribution >= 0.6 is 0 Å². The van der Waals surface area contributed by atoms with Gasteiger partial charge in [-0.25, -0.2) is 4.39 Å². The molecule has 0 bridgehead atoms. The first kappa shape index (κ1) is 27.2. The van der Waals surface area contributed by atoms with Gasteiger partial charge in [-0.1, -0.05) is 49.0 Å². The highest BCUT2D eigenvalue weighted by Gasteiger charge is 2.38. The maximum absolute atomic E-state index is 13.4. The lowest BCUT2D eigenvalue weighted by Crippen LogP contribution is -2.54. The van der Waals surface area contributed by atoms with Crippen molar-refractivity contribution < 1.29 is 18.7 Å². The highest BCUT2D eigenvalue weighted by Crippen LogP contribution is 2.32. The van der Waals surface area contributed by atoms with Crippen LogP contribution in [-0.2, 0) is 24.4 Å². The predicted molar refractivity (Wildman–Crippen MR) is 154 cm³/mol. The van der Waals surface area contributed by atoms with Crippen molar-refractivity contribution in [2.24, 2.45) is 0 Å². The number of allylic oxidation sites excluding steroid dienone is 1. The van der Waals surface area contributed by atoms with Crippen LogP contribution in [-0.4, -0.2) is 52.9 Å². The predicted octanol–water partition coefficient (Wildman–Crippen LogP) is 4.39. The van der Waals surface area contributed by atoms with Crippen molar-refractivity contribution in [1.29, 1.82) is 0 Å². The van der Waals surface area contributed by atoms with Crippen molar-refractivity contribution in [3.05, 3.63) is 113 Å². The molecule has 8 heteroatoms. The van der Waals surface area contributed by atoms with Crippen molar-refractivity contribution in [3.8, 4) is 5.75 Å². The largest absolute Gasteiger partial charge is 0.487 e. The maximum Gasteiger partial charge on any atom is 0.255 e. The topological polar surface area (TPSA) is 73.9 Å². The number of carbonyl (C=O) groups excluding carboxylic acids is 2. The van der Waals surface area contributed by atoms with Gasteiger partial charge in [-0.3, -0.25) is 14.5 Å². The summed E-state index contributed by atoms with van der Waals surface area (Å²) < 4.78 is 20.1. The molecule has 2 saturated heterocycles. The number of piperidine rings is 2. The second-order valence-corrected chi connectivity index (χ2v) is 11.2. The molecule has 3 heterocycles. The molecule has 212 valence electrons. The molecule has 0 spiro atoms. The Labute approximate surface area is 240 Å². The van der Waals surface area contributed by atoms with E-state index >= 15 is 0 Å². The molecule has 0 saturated carbocycles. The zero-order chi connectivity index (χ0) is 28.3. The summed E-state index contributed by atoms with van der Waals surface area (Å²) in [5, 5.41) is 6.49. The third-order valence-corrected chi connectivity index (χ3v) is 8.27. The van der Waals surface area contributed by atoms with Gasteiger partial charge in [0.1, 0.15) is 23.7 Å². The number of ether oxygens (including phenoxy) is 1. The van der Waals surface area contributed by atoms with E-state index in [0.29, 0.717) is 42.9 Å². The minimum Gasteiger partial charge on any atom is -0.487 e. The summed E-state index contributed by atoms with van der Waals surface area (Å²) in [6.45, 7) is 7.29. The third-order valence-electron chi connectivity index (χ3n) is 8.27. The average molecular weight is 555 g/mol. The Morgan fingerprint density at radius 1 is 1.00 bits per heavy atom. The lowest BCUT2D eigenvalue weighted by molar-refractivity contribution is -0.126. The average Bonchev–Trinajstić information content (AvgIpc) is 3.29. The molecule has 6 rings (SSSR count). The molecule has 2 fully saturated rings. The number of hydrogen-bond donors (Lipinski definition) is 2. The molecular weight excluding hydrogens is 519 g/mol. The first-order chi connectivity index (χ1) is 19.9. The number of benzene rings is 3. The first-order valence-electron chi connectivity index (χ1n) is 14.3. The van der Waals surface area contributed by atoms with Crippen molar-refractivity contribution in [3.63, 3.8) is 0 Å². The molecule has 0 aliphatic carbocycles. The Morgan fingerprint density at radius 2 is 1.80 bits per heavy atom. The van der Waals surface area contributed by atoms with Crippen LogP contribution in [0.25, 0.3) is 0 Å². The Bertz CT molecular complexity index is 1430. The molecule has 2 amide bonds.